The van der Waals surface area contributed by atoms with Gasteiger partial charge in [0, 0.05) is 25.4 Å². The van der Waals surface area contributed by atoms with Crippen LogP contribution in [-0.4, -0.2) is 43.0 Å². The summed E-state index contributed by atoms with van der Waals surface area (Å²) in [5, 5.41) is 1.92. The van der Waals surface area contributed by atoms with Crippen LogP contribution in [0, 0.1) is 0 Å². The van der Waals surface area contributed by atoms with Crippen molar-refractivity contribution in [3.63, 3.8) is 0 Å². The molecule has 1 aliphatic rings. The highest BCUT2D eigenvalue weighted by atomic mass is 32.1. The van der Waals surface area contributed by atoms with Gasteiger partial charge in [0.15, 0.2) is 0 Å². The van der Waals surface area contributed by atoms with Gasteiger partial charge in [0.05, 0.1) is 13.2 Å². The first kappa shape index (κ1) is 14.4. The molecule has 1 aromatic rings. The van der Waals surface area contributed by atoms with Crippen LogP contribution in [0.15, 0.2) is 30.3 Å². The fourth-order valence-corrected chi connectivity index (χ4v) is 2.47. The largest absolute Gasteiger partial charge is 0.379 e. The molecule has 19 heavy (non-hydrogen) atoms. The van der Waals surface area contributed by atoms with Crippen LogP contribution in [-0.2, 0) is 9.53 Å². The van der Waals surface area contributed by atoms with Gasteiger partial charge in [-0.25, -0.2) is 5.01 Å². The lowest BCUT2D eigenvalue weighted by atomic mass is 9.97. The van der Waals surface area contributed by atoms with Crippen molar-refractivity contribution in [2.24, 2.45) is 0 Å². The summed E-state index contributed by atoms with van der Waals surface area (Å²) in [5.74, 6) is 0.871. The highest BCUT2D eigenvalue weighted by Gasteiger charge is 2.17. The predicted molar refractivity (Wildman–Crippen MR) is 78.2 cm³/mol. The normalized spacial score (nSPS) is 17.9. The number of hydrogen-bond acceptors (Lipinski definition) is 4. The molecule has 4 nitrogen and oxygen atoms in total. The van der Waals surface area contributed by atoms with Crippen molar-refractivity contribution in [1.82, 2.24) is 10.4 Å². The van der Waals surface area contributed by atoms with E-state index in [9.17, 15) is 4.79 Å². The summed E-state index contributed by atoms with van der Waals surface area (Å²) in [4.78, 5) is 12.0. The molecular weight excluding hydrogens is 260 g/mol. The van der Waals surface area contributed by atoms with Crippen molar-refractivity contribution >= 4 is 18.5 Å². The number of nitrogens with zero attached hydrogens (tertiary/aromatic N) is 1. The molecule has 1 N–H and O–H groups in total. The minimum absolute atomic E-state index is 0.0461. The number of amides is 1. The number of hydrazine groups is 1. The maximum atomic E-state index is 12.0. The maximum absolute atomic E-state index is 12.0. The number of morpholine rings is 1. The summed E-state index contributed by atoms with van der Waals surface area (Å²) in [5.41, 5.74) is 4.10. The molecule has 0 spiro atoms. The summed E-state index contributed by atoms with van der Waals surface area (Å²) in [6.07, 6.45) is 0.463. The van der Waals surface area contributed by atoms with E-state index >= 15 is 0 Å². The molecule has 2 rings (SSSR count). The van der Waals surface area contributed by atoms with Crippen LogP contribution in [0.25, 0.3) is 0 Å². The number of benzene rings is 1. The third-order valence-electron chi connectivity index (χ3n) is 3.22. The standard InChI is InChI=1S/C14H20N2O2S/c17-14(15-16-6-8-18-9-7-16)10-13(11-19)12-4-2-1-3-5-12/h1-5,13,19H,6-11H2,(H,15,17). The zero-order chi connectivity index (χ0) is 13.5. The van der Waals surface area contributed by atoms with E-state index in [4.69, 9.17) is 4.74 Å². The molecule has 5 heteroatoms. The van der Waals surface area contributed by atoms with E-state index in [-0.39, 0.29) is 11.8 Å². The highest BCUT2D eigenvalue weighted by molar-refractivity contribution is 7.80. The van der Waals surface area contributed by atoms with Crippen molar-refractivity contribution < 1.29 is 9.53 Å². The van der Waals surface area contributed by atoms with Gasteiger partial charge in [-0.2, -0.15) is 12.6 Å². The number of nitrogens with one attached hydrogen (secondary N) is 1. The average molecular weight is 280 g/mol. The van der Waals surface area contributed by atoms with Crippen LogP contribution in [0.1, 0.15) is 17.9 Å². The Balaban J connectivity index is 1.85. The number of thiol groups is 1. The average Bonchev–Trinajstić information content (AvgIpc) is 2.47. The first-order valence-electron chi connectivity index (χ1n) is 6.57. The van der Waals surface area contributed by atoms with E-state index in [1.807, 2.05) is 35.3 Å². The molecule has 0 radical (unpaired) electrons. The van der Waals surface area contributed by atoms with Crippen molar-refractivity contribution in [3.8, 4) is 0 Å². The Morgan fingerprint density at radius 1 is 1.32 bits per heavy atom. The Kier molecular flexibility index (Phi) is 5.69. The Morgan fingerprint density at radius 2 is 2.00 bits per heavy atom. The second-order valence-corrected chi connectivity index (χ2v) is 4.99. The summed E-state index contributed by atoms with van der Waals surface area (Å²) >= 11 is 4.35. The third-order valence-corrected chi connectivity index (χ3v) is 3.66. The van der Waals surface area contributed by atoms with E-state index in [1.165, 1.54) is 0 Å². The third kappa shape index (κ3) is 4.53. The number of carbonyl (C=O) groups is 1. The molecule has 0 aromatic heterocycles. The molecule has 1 saturated heterocycles. The summed E-state index contributed by atoms with van der Waals surface area (Å²) in [7, 11) is 0. The van der Waals surface area contributed by atoms with Gasteiger partial charge in [-0.05, 0) is 11.3 Å². The molecule has 1 heterocycles. The SMILES string of the molecule is O=C(CC(CS)c1ccccc1)NN1CCOCC1. The van der Waals surface area contributed by atoms with Gasteiger partial charge in [0.2, 0.25) is 5.91 Å². The number of hydrogen-bond donors (Lipinski definition) is 2. The van der Waals surface area contributed by atoms with Gasteiger partial charge in [0.1, 0.15) is 0 Å². The number of carbonyl (C=O) groups excluding carboxylic acids is 1. The van der Waals surface area contributed by atoms with Gasteiger partial charge in [0.25, 0.3) is 0 Å². The first-order chi connectivity index (χ1) is 9.29. The Bertz CT molecular complexity index is 394. The molecule has 1 amide bonds. The van der Waals surface area contributed by atoms with Crippen molar-refractivity contribution in [3.05, 3.63) is 35.9 Å². The first-order valence-corrected chi connectivity index (χ1v) is 7.21. The zero-order valence-electron chi connectivity index (χ0n) is 10.9. The molecule has 1 aromatic carbocycles. The van der Waals surface area contributed by atoms with E-state index in [0.717, 1.165) is 18.7 Å². The van der Waals surface area contributed by atoms with E-state index in [2.05, 4.69) is 18.1 Å². The number of rotatable bonds is 5. The Hall–Kier alpha value is -1.04. The topological polar surface area (TPSA) is 41.6 Å². The van der Waals surface area contributed by atoms with Crippen molar-refractivity contribution in [1.29, 1.82) is 0 Å². The minimum Gasteiger partial charge on any atom is -0.379 e. The lowest BCUT2D eigenvalue weighted by molar-refractivity contribution is -0.128. The molecule has 1 atom stereocenters. The molecule has 1 aliphatic heterocycles. The van der Waals surface area contributed by atoms with Crippen molar-refractivity contribution in [2.45, 2.75) is 12.3 Å². The predicted octanol–water partition coefficient (Wildman–Crippen LogP) is 1.45. The second kappa shape index (κ2) is 7.53. The van der Waals surface area contributed by atoms with Gasteiger partial charge >= 0.3 is 0 Å². The second-order valence-electron chi connectivity index (χ2n) is 4.63. The molecule has 1 fully saturated rings. The molecule has 0 bridgehead atoms. The van der Waals surface area contributed by atoms with Gasteiger partial charge in [-0.1, -0.05) is 30.3 Å². The monoisotopic (exact) mass is 280 g/mol. The van der Waals surface area contributed by atoms with E-state index in [0.29, 0.717) is 25.4 Å². The van der Waals surface area contributed by atoms with Crippen molar-refractivity contribution in [2.75, 3.05) is 32.1 Å². The fourth-order valence-electron chi connectivity index (χ4n) is 2.13. The van der Waals surface area contributed by atoms with Crippen LogP contribution in [0.4, 0.5) is 0 Å². The molecule has 0 aliphatic carbocycles. The smallest absolute Gasteiger partial charge is 0.234 e. The maximum Gasteiger partial charge on any atom is 0.234 e. The Morgan fingerprint density at radius 3 is 2.63 bits per heavy atom. The number of ether oxygens (including phenoxy) is 1. The van der Waals surface area contributed by atoms with Crippen LogP contribution < -0.4 is 5.43 Å². The Labute approximate surface area is 119 Å². The van der Waals surface area contributed by atoms with Gasteiger partial charge in [-0.15, -0.1) is 0 Å². The van der Waals surface area contributed by atoms with E-state index in [1.54, 1.807) is 0 Å². The summed E-state index contributed by atoms with van der Waals surface area (Å²) in [6, 6.07) is 10.1. The quantitative estimate of drug-likeness (QED) is 0.802. The summed E-state index contributed by atoms with van der Waals surface area (Å²) < 4.78 is 5.25. The summed E-state index contributed by atoms with van der Waals surface area (Å²) in [6.45, 7) is 2.86. The molecule has 0 saturated carbocycles. The van der Waals surface area contributed by atoms with Gasteiger partial charge < -0.3 is 4.74 Å². The lowest BCUT2D eigenvalue weighted by Gasteiger charge is -2.27. The fraction of sp³-hybridized carbons (Fsp3) is 0.500. The van der Waals surface area contributed by atoms with E-state index < -0.39 is 0 Å². The minimum atomic E-state index is 0.0461. The molecular formula is C14H20N2O2S. The van der Waals surface area contributed by atoms with Crippen LogP contribution in [0.3, 0.4) is 0 Å². The van der Waals surface area contributed by atoms with Crippen LogP contribution in [0.2, 0.25) is 0 Å². The van der Waals surface area contributed by atoms with Crippen LogP contribution in [0.5, 0.6) is 0 Å². The van der Waals surface area contributed by atoms with Crippen LogP contribution >= 0.6 is 12.6 Å². The molecule has 104 valence electrons. The molecule has 1 unspecified atom stereocenters. The highest BCUT2D eigenvalue weighted by Crippen LogP contribution is 2.20. The zero-order valence-corrected chi connectivity index (χ0v) is 11.8. The lowest BCUT2D eigenvalue weighted by Crippen LogP contribution is -2.48. The van der Waals surface area contributed by atoms with Gasteiger partial charge in [-0.3, -0.25) is 10.2 Å².